The van der Waals surface area contributed by atoms with Crippen molar-refractivity contribution < 1.29 is 4.79 Å². The Kier molecular flexibility index (Phi) is 4.71. The van der Waals surface area contributed by atoms with E-state index in [1.165, 1.54) is 18.4 Å². The Hall–Kier alpha value is -1.61. The van der Waals surface area contributed by atoms with Crippen molar-refractivity contribution >= 4 is 12.0 Å². The molecule has 1 atom stereocenters. The van der Waals surface area contributed by atoms with Crippen LogP contribution < -0.4 is 0 Å². The second kappa shape index (κ2) is 6.90. The lowest BCUT2D eigenvalue weighted by atomic mass is 10.1. The first kappa shape index (κ1) is 14.3. The minimum Gasteiger partial charge on any atom is -0.341 e. The summed E-state index contributed by atoms with van der Waals surface area (Å²) >= 11 is 0. The summed E-state index contributed by atoms with van der Waals surface area (Å²) in [6, 6.07) is 11.0. The van der Waals surface area contributed by atoms with Crippen LogP contribution >= 0.6 is 0 Å². The number of carbonyl (C=O) groups excluding carboxylic acids is 1. The standard InChI is InChI=1S/C18H24N2O/c21-18-9-5-13-20(18)15-14-19-12-4-8-17(19)11-10-16-6-2-1-3-7-16/h1-3,6-7,10-11,17H,4-5,8-9,12-15H2/b11-10+/t17-/m1/s1. The molecule has 21 heavy (non-hydrogen) atoms. The van der Waals surface area contributed by atoms with Crippen molar-refractivity contribution in [2.45, 2.75) is 31.7 Å². The van der Waals surface area contributed by atoms with Gasteiger partial charge in [-0.2, -0.15) is 0 Å². The Morgan fingerprint density at radius 3 is 2.71 bits per heavy atom. The molecule has 0 radical (unpaired) electrons. The van der Waals surface area contributed by atoms with E-state index in [0.29, 0.717) is 11.9 Å². The maximum Gasteiger partial charge on any atom is 0.222 e. The smallest absolute Gasteiger partial charge is 0.222 e. The van der Waals surface area contributed by atoms with Crippen molar-refractivity contribution in [1.82, 2.24) is 9.80 Å². The highest BCUT2D eigenvalue weighted by molar-refractivity contribution is 5.78. The molecule has 2 aliphatic rings. The van der Waals surface area contributed by atoms with E-state index >= 15 is 0 Å². The fourth-order valence-electron chi connectivity index (χ4n) is 3.32. The number of nitrogens with zero attached hydrogens (tertiary/aromatic N) is 2. The van der Waals surface area contributed by atoms with Crippen LogP contribution in [0.5, 0.6) is 0 Å². The van der Waals surface area contributed by atoms with Crippen LogP contribution in [0.15, 0.2) is 36.4 Å². The third kappa shape index (κ3) is 3.73. The van der Waals surface area contributed by atoms with E-state index in [1.807, 2.05) is 11.0 Å². The second-order valence-corrected chi connectivity index (χ2v) is 6.00. The first-order valence-electron chi connectivity index (χ1n) is 8.08. The third-order valence-corrected chi connectivity index (χ3v) is 4.55. The van der Waals surface area contributed by atoms with Gasteiger partial charge in [0, 0.05) is 32.1 Å². The zero-order chi connectivity index (χ0) is 14.5. The number of hydrogen-bond donors (Lipinski definition) is 0. The summed E-state index contributed by atoms with van der Waals surface area (Å²) in [6.45, 7) is 4.02. The molecule has 1 aromatic rings. The SMILES string of the molecule is O=C1CCCN1CCN1CCC[C@@H]1/C=C/c1ccccc1. The fourth-order valence-corrected chi connectivity index (χ4v) is 3.32. The van der Waals surface area contributed by atoms with Crippen LogP contribution in [-0.2, 0) is 4.79 Å². The lowest BCUT2D eigenvalue weighted by Crippen LogP contribution is -2.37. The number of carbonyl (C=O) groups is 1. The molecule has 0 saturated carbocycles. The van der Waals surface area contributed by atoms with Crippen LogP contribution in [0.2, 0.25) is 0 Å². The molecule has 3 nitrogen and oxygen atoms in total. The molecule has 2 heterocycles. The lowest BCUT2D eigenvalue weighted by molar-refractivity contribution is -0.127. The maximum absolute atomic E-state index is 11.7. The molecule has 1 amide bonds. The van der Waals surface area contributed by atoms with Crippen molar-refractivity contribution in [2.24, 2.45) is 0 Å². The molecule has 0 aromatic heterocycles. The highest BCUT2D eigenvalue weighted by Gasteiger charge is 2.25. The predicted molar refractivity (Wildman–Crippen MR) is 85.9 cm³/mol. The summed E-state index contributed by atoms with van der Waals surface area (Å²) in [4.78, 5) is 16.2. The molecule has 112 valence electrons. The third-order valence-electron chi connectivity index (χ3n) is 4.55. The molecule has 2 aliphatic heterocycles. The molecular weight excluding hydrogens is 260 g/mol. The molecule has 0 bridgehead atoms. The van der Waals surface area contributed by atoms with E-state index in [-0.39, 0.29) is 0 Å². The average molecular weight is 284 g/mol. The monoisotopic (exact) mass is 284 g/mol. The van der Waals surface area contributed by atoms with Crippen LogP contribution in [0.3, 0.4) is 0 Å². The van der Waals surface area contributed by atoms with Gasteiger partial charge >= 0.3 is 0 Å². The van der Waals surface area contributed by atoms with E-state index in [4.69, 9.17) is 0 Å². The number of hydrogen-bond acceptors (Lipinski definition) is 2. The van der Waals surface area contributed by atoms with Crippen molar-refractivity contribution in [3.05, 3.63) is 42.0 Å². The molecule has 2 fully saturated rings. The Morgan fingerprint density at radius 1 is 1.10 bits per heavy atom. The zero-order valence-corrected chi connectivity index (χ0v) is 12.6. The van der Waals surface area contributed by atoms with Crippen LogP contribution in [0.1, 0.15) is 31.2 Å². The van der Waals surface area contributed by atoms with Crippen molar-refractivity contribution in [3.8, 4) is 0 Å². The van der Waals surface area contributed by atoms with Gasteiger partial charge in [-0.25, -0.2) is 0 Å². The molecule has 0 unspecified atom stereocenters. The van der Waals surface area contributed by atoms with Gasteiger partial charge in [-0.15, -0.1) is 0 Å². The summed E-state index contributed by atoms with van der Waals surface area (Å²) < 4.78 is 0. The molecule has 0 spiro atoms. The molecular formula is C18H24N2O. The van der Waals surface area contributed by atoms with Crippen molar-refractivity contribution in [2.75, 3.05) is 26.2 Å². The van der Waals surface area contributed by atoms with Gasteiger partial charge in [-0.1, -0.05) is 42.5 Å². The van der Waals surface area contributed by atoms with Gasteiger partial charge in [0.15, 0.2) is 0 Å². The van der Waals surface area contributed by atoms with Crippen molar-refractivity contribution in [3.63, 3.8) is 0 Å². The molecule has 3 rings (SSSR count). The van der Waals surface area contributed by atoms with Crippen LogP contribution in [0.25, 0.3) is 6.08 Å². The molecule has 1 aromatic carbocycles. The topological polar surface area (TPSA) is 23.6 Å². The zero-order valence-electron chi connectivity index (χ0n) is 12.6. The van der Waals surface area contributed by atoms with Crippen LogP contribution in [-0.4, -0.2) is 47.9 Å². The van der Waals surface area contributed by atoms with E-state index in [0.717, 1.165) is 39.0 Å². The van der Waals surface area contributed by atoms with Crippen LogP contribution in [0.4, 0.5) is 0 Å². The van der Waals surface area contributed by atoms with Gasteiger partial charge in [0.05, 0.1) is 0 Å². The highest BCUT2D eigenvalue weighted by atomic mass is 16.2. The van der Waals surface area contributed by atoms with Gasteiger partial charge < -0.3 is 4.90 Å². The number of likely N-dealkylation sites (tertiary alicyclic amines) is 2. The lowest BCUT2D eigenvalue weighted by Gasteiger charge is -2.25. The van der Waals surface area contributed by atoms with Gasteiger partial charge in [0.2, 0.25) is 5.91 Å². The Balaban J connectivity index is 1.53. The average Bonchev–Trinajstić information content (AvgIpc) is 3.13. The van der Waals surface area contributed by atoms with Gasteiger partial charge in [-0.3, -0.25) is 9.69 Å². The number of amides is 1. The minimum absolute atomic E-state index is 0.338. The van der Waals surface area contributed by atoms with Crippen molar-refractivity contribution in [1.29, 1.82) is 0 Å². The van der Waals surface area contributed by atoms with Gasteiger partial charge in [-0.05, 0) is 31.4 Å². The Bertz CT molecular complexity index is 497. The second-order valence-electron chi connectivity index (χ2n) is 6.00. The summed E-state index contributed by atoms with van der Waals surface area (Å²) in [5.74, 6) is 0.338. The largest absolute Gasteiger partial charge is 0.341 e. The van der Waals surface area contributed by atoms with Crippen LogP contribution in [0, 0.1) is 0 Å². The quantitative estimate of drug-likeness (QED) is 0.830. The van der Waals surface area contributed by atoms with Gasteiger partial charge in [0.1, 0.15) is 0 Å². The summed E-state index contributed by atoms with van der Waals surface area (Å²) in [5.41, 5.74) is 1.26. The predicted octanol–water partition coefficient (Wildman–Crippen LogP) is 2.79. The van der Waals surface area contributed by atoms with E-state index in [2.05, 4.69) is 41.3 Å². The first-order chi connectivity index (χ1) is 10.3. The maximum atomic E-state index is 11.7. The Morgan fingerprint density at radius 2 is 1.95 bits per heavy atom. The number of benzene rings is 1. The summed E-state index contributed by atoms with van der Waals surface area (Å²) in [7, 11) is 0. The molecule has 0 N–H and O–H groups in total. The van der Waals surface area contributed by atoms with E-state index in [1.54, 1.807) is 0 Å². The number of rotatable bonds is 5. The summed E-state index contributed by atoms with van der Waals surface area (Å²) in [6.07, 6.45) is 8.83. The minimum atomic E-state index is 0.338. The van der Waals surface area contributed by atoms with E-state index in [9.17, 15) is 4.79 Å². The highest BCUT2D eigenvalue weighted by Crippen LogP contribution is 2.20. The normalized spacial score (nSPS) is 23.5. The summed E-state index contributed by atoms with van der Waals surface area (Å²) in [5, 5.41) is 0. The fraction of sp³-hybridized carbons (Fsp3) is 0.500. The molecule has 0 aliphatic carbocycles. The molecule has 2 saturated heterocycles. The van der Waals surface area contributed by atoms with Gasteiger partial charge in [0.25, 0.3) is 0 Å². The first-order valence-corrected chi connectivity index (χ1v) is 8.08. The Labute approximate surface area is 127 Å². The van der Waals surface area contributed by atoms with E-state index < -0.39 is 0 Å². The molecule has 3 heteroatoms.